The quantitative estimate of drug-likeness (QED) is 0.753. The highest BCUT2D eigenvalue weighted by Gasteiger charge is 2.30. The van der Waals surface area contributed by atoms with Gasteiger partial charge in [-0.3, -0.25) is 9.59 Å². The van der Waals surface area contributed by atoms with Crippen LogP contribution in [0.25, 0.3) is 5.69 Å². The summed E-state index contributed by atoms with van der Waals surface area (Å²) in [4.78, 5) is 26.6. The standard InChI is InChI=1S/C20H20N6O2/c1-14(27)25-10-9-15-5-2-3-8-18(15)19(25)12-20(28)22-16-6-4-7-17(11-16)26-13-21-23-24-26/h2-8,11,13,19H,9-10,12H2,1H3,(H,22,28). The van der Waals surface area contributed by atoms with Gasteiger partial charge in [-0.05, 0) is 46.2 Å². The molecule has 142 valence electrons. The van der Waals surface area contributed by atoms with E-state index in [-0.39, 0.29) is 24.3 Å². The zero-order valence-electron chi connectivity index (χ0n) is 15.4. The lowest BCUT2D eigenvalue weighted by Crippen LogP contribution is -2.40. The summed E-state index contributed by atoms with van der Waals surface area (Å²) in [5.74, 6) is -0.171. The van der Waals surface area contributed by atoms with Crippen molar-refractivity contribution in [1.29, 1.82) is 0 Å². The van der Waals surface area contributed by atoms with E-state index in [0.717, 1.165) is 17.7 Å². The first kappa shape index (κ1) is 17.8. The zero-order valence-corrected chi connectivity index (χ0v) is 15.4. The van der Waals surface area contributed by atoms with Crippen LogP contribution in [-0.2, 0) is 16.0 Å². The van der Waals surface area contributed by atoms with E-state index in [2.05, 4.69) is 26.9 Å². The molecule has 8 nitrogen and oxygen atoms in total. The normalized spacial score (nSPS) is 15.8. The van der Waals surface area contributed by atoms with Crippen LogP contribution < -0.4 is 5.32 Å². The minimum absolute atomic E-state index is 0.0204. The van der Waals surface area contributed by atoms with Gasteiger partial charge in [0, 0.05) is 19.2 Å². The first-order valence-corrected chi connectivity index (χ1v) is 9.10. The Morgan fingerprint density at radius 3 is 2.82 bits per heavy atom. The van der Waals surface area contributed by atoms with Gasteiger partial charge in [-0.1, -0.05) is 30.3 Å². The number of anilines is 1. The average molecular weight is 376 g/mol. The summed E-state index contributed by atoms with van der Waals surface area (Å²) in [5, 5.41) is 14.0. The molecule has 0 bridgehead atoms. The smallest absolute Gasteiger partial charge is 0.226 e. The third kappa shape index (κ3) is 3.62. The molecule has 1 N–H and O–H groups in total. The van der Waals surface area contributed by atoms with Crippen LogP contribution in [0.3, 0.4) is 0 Å². The second kappa shape index (κ2) is 7.59. The Bertz CT molecular complexity index is 1000. The van der Waals surface area contributed by atoms with Crippen molar-refractivity contribution in [3.05, 3.63) is 66.0 Å². The first-order chi connectivity index (χ1) is 13.6. The molecule has 3 aromatic rings. The molecule has 4 rings (SSSR count). The van der Waals surface area contributed by atoms with E-state index in [1.54, 1.807) is 17.9 Å². The molecular weight excluding hydrogens is 356 g/mol. The topological polar surface area (TPSA) is 93.0 Å². The maximum Gasteiger partial charge on any atom is 0.226 e. The summed E-state index contributed by atoms with van der Waals surface area (Å²) in [6.07, 6.45) is 2.50. The van der Waals surface area contributed by atoms with E-state index < -0.39 is 0 Å². The molecule has 1 atom stereocenters. The number of carbonyl (C=O) groups is 2. The van der Waals surface area contributed by atoms with E-state index in [9.17, 15) is 9.59 Å². The highest BCUT2D eigenvalue weighted by atomic mass is 16.2. The molecule has 0 spiro atoms. The number of nitrogens with zero attached hydrogens (tertiary/aromatic N) is 5. The average Bonchev–Trinajstić information content (AvgIpc) is 3.23. The number of rotatable bonds is 4. The van der Waals surface area contributed by atoms with Crippen molar-refractivity contribution in [3.8, 4) is 5.69 Å². The fraction of sp³-hybridized carbons (Fsp3) is 0.250. The van der Waals surface area contributed by atoms with Gasteiger partial charge in [0.2, 0.25) is 11.8 Å². The number of amides is 2. The molecule has 0 saturated carbocycles. The molecule has 0 saturated heterocycles. The molecule has 1 aromatic heterocycles. The van der Waals surface area contributed by atoms with Gasteiger partial charge in [0.05, 0.1) is 18.2 Å². The number of carbonyl (C=O) groups excluding carboxylic acids is 2. The summed E-state index contributed by atoms with van der Waals surface area (Å²) < 4.78 is 1.52. The number of fused-ring (bicyclic) bond motifs is 1. The Morgan fingerprint density at radius 2 is 2.04 bits per heavy atom. The number of hydrogen-bond acceptors (Lipinski definition) is 5. The molecule has 2 amide bonds. The predicted molar refractivity (Wildman–Crippen MR) is 103 cm³/mol. The van der Waals surface area contributed by atoms with Gasteiger partial charge >= 0.3 is 0 Å². The Kier molecular flexibility index (Phi) is 4.84. The van der Waals surface area contributed by atoms with Crippen LogP contribution in [0, 0.1) is 0 Å². The van der Waals surface area contributed by atoms with E-state index in [0.29, 0.717) is 12.2 Å². The molecule has 0 fully saturated rings. The Labute approximate surface area is 162 Å². The summed E-state index contributed by atoms with van der Waals surface area (Å²) in [5.41, 5.74) is 3.63. The molecule has 2 aromatic carbocycles. The van der Waals surface area contributed by atoms with Crippen LogP contribution in [0.5, 0.6) is 0 Å². The molecule has 8 heteroatoms. The lowest BCUT2D eigenvalue weighted by Gasteiger charge is -2.36. The van der Waals surface area contributed by atoms with Gasteiger partial charge in [0.1, 0.15) is 6.33 Å². The van der Waals surface area contributed by atoms with Gasteiger partial charge in [0.15, 0.2) is 0 Å². The number of tetrazole rings is 1. The minimum Gasteiger partial charge on any atom is -0.335 e. The van der Waals surface area contributed by atoms with E-state index in [1.165, 1.54) is 16.6 Å². The molecule has 1 unspecified atom stereocenters. The third-order valence-electron chi connectivity index (χ3n) is 4.94. The maximum absolute atomic E-state index is 12.8. The lowest BCUT2D eigenvalue weighted by molar-refractivity contribution is -0.132. The van der Waals surface area contributed by atoms with Crippen molar-refractivity contribution < 1.29 is 9.59 Å². The van der Waals surface area contributed by atoms with Gasteiger partial charge in [-0.2, -0.15) is 0 Å². The van der Waals surface area contributed by atoms with Crippen molar-refractivity contribution in [2.75, 3.05) is 11.9 Å². The molecule has 1 aliphatic heterocycles. The SMILES string of the molecule is CC(=O)N1CCc2ccccc2C1CC(=O)Nc1cccc(-n2cnnn2)c1. The third-order valence-corrected chi connectivity index (χ3v) is 4.94. The van der Waals surface area contributed by atoms with Crippen LogP contribution in [0.15, 0.2) is 54.9 Å². The monoisotopic (exact) mass is 376 g/mol. The molecule has 28 heavy (non-hydrogen) atoms. The fourth-order valence-corrected chi connectivity index (χ4v) is 3.64. The molecular formula is C20H20N6O2. The van der Waals surface area contributed by atoms with Crippen molar-refractivity contribution in [2.24, 2.45) is 0 Å². The minimum atomic E-state index is -0.259. The number of benzene rings is 2. The van der Waals surface area contributed by atoms with Gasteiger partial charge in [0.25, 0.3) is 0 Å². The zero-order chi connectivity index (χ0) is 19.5. The first-order valence-electron chi connectivity index (χ1n) is 9.10. The Hall–Kier alpha value is -3.55. The highest BCUT2D eigenvalue weighted by molar-refractivity contribution is 5.92. The van der Waals surface area contributed by atoms with Crippen molar-refractivity contribution in [1.82, 2.24) is 25.1 Å². The molecule has 0 aliphatic carbocycles. The molecule has 0 radical (unpaired) electrons. The van der Waals surface area contributed by atoms with E-state index >= 15 is 0 Å². The summed E-state index contributed by atoms with van der Waals surface area (Å²) in [6.45, 7) is 2.17. The number of nitrogens with one attached hydrogen (secondary N) is 1. The van der Waals surface area contributed by atoms with E-state index in [4.69, 9.17) is 0 Å². The van der Waals surface area contributed by atoms with Crippen molar-refractivity contribution in [2.45, 2.75) is 25.8 Å². The highest BCUT2D eigenvalue weighted by Crippen LogP contribution is 2.32. The van der Waals surface area contributed by atoms with Gasteiger partial charge in [-0.25, -0.2) is 4.68 Å². The number of hydrogen-bond donors (Lipinski definition) is 1. The lowest BCUT2D eigenvalue weighted by atomic mass is 9.90. The Balaban J connectivity index is 1.53. The van der Waals surface area contributed by atoms with Crippen LogP contribution >= 0.6 is 0 Å². The van der Waals surface area contributed by atoms with Crippen LogP contribution in [0.4, 0.5) is 5.69 Å². The van der Waals surface area contributed by atoms with E-state index in [1.807, 2.05) is 36.4 Å². The summed E-state index contributed by atoms with van der Waals surface area (Å²) in [6, 6.07) is 15.0. The second-order valence-corrected chi connectivity index (χ2v) is 6.73. The van der Waals surface area contributed by atoms with Crippen LogP contribution in [0.1, 0.15) is 30.5 Å². The molecule has 1 aliphatic rings. The van der Waals surface area contributed by atoms with Crippen molar-refractivity contribution >= 4 is 17.5 Å². The second-order valence-electron chi connectivity index (χ2n) is 6.73. The van der Waals surface area contributed by atoms with Gasteiger partial charge < -0.3 is 10.2 Å². The van der Waals surface area contributed by atoms with Crippen LogP contribution in [0.2, 0.25) is 0 Å². The molecule has 2 heterocycles. The largest absolute Gasteiger partial charge is 0.335 e. The predicted octanol–water partition coefficient (Wildman–Crippen LogP) is 2.14. The van der Waals surface area contributed by atoms with Crippen LogP contribution in [-0.4, -0.2) is 43.5 Å². The maximum atomic E-state index is 12.8. The Morgan fingerprint density at radius 1 is 1.18 bits per heavy atom. The van der Waals surface area contributed by atoms with Gasteiger partial charge in [-0.15, -0.1) is 5.10 Å². The van der Waals surface area contributed by atoms with Crippen molar-refractivity contribution in [3.63, 3.8) is 0 Å². The fourth-order valence-electron chi connectivity index (χ4n) is 3.64. The summed E-state index contributed by atoms with van der Waals surface area (Å²) >= 11 is 0. The number of aromatic nitrogens is 4. The summed E-state index contributed by atoms with van der Waals surface area (Å²) in [7, 11) is 0.